The van der Waals surface area contributed by atoms with Crippen molar-refractivity contribution in [1.29, 1.82) is 0 Å². The molecule has 0 aromatic rings. The van der Waals surface area contributed by atoms with Gasteiger partial charge in [-0.3, -0.25) is 4.79 Å². The van der Waals surface area contributed by atoms with E-state index < -0.39 is 83.0 Å². The van der Waals surface area contributed by atoms with E-state index in [1.807, 2.05) is 13.8 Å². The molecule has 0 aromatic heterocycles. The van der Waals surface area contributed by atoms with E-state index in [0.29, 0.717) is 0 Å². The fourth-order valence-electron chi connectivity index (χ4n) is 7.82. The number of carbonyl (C=O) groups is 3. The van der Waals surface area contributed by atoms with E-state index in [4.69, 9.17) is 14.2 Å². The molecule has 1 N–H and O–H groups in total. The lowest BCUT2D eigenvalue weighted by Gasteiger charge is -2.62. The molecule has 3 fully saturated rings. The molecule has 212 valence electrons. The molecule has 0 heterocycles. The quantitative estimate of drug-likeness (QED) is 0.491. The van der Waals surface area contributed by atoms with Gasteiger partial charge in [0.15, 0.2) is 11.5 Å². The molecule has 38 heavy (non-hydrogen) atoms. The summed E-state index contributed by atoms with van der Waals surface area (Å²) in [6.07, 6.45) is -2.12. The number of hydrogen-bond donors (Lipinski definition) is 1. The first-order valence-corrected chi connectivity index (χ1v) is 13.2. The number of esters is 1. The van der Waals surface area contributed by atoms with Crippen LogP contribution >= 0.6 is 0 Å². The Morgan fingerprint density at radius 2 is 1.84 bits per heavy atom. The van der Waals surface area contributed by atoms with Crippen molar-refractivity contribution in [3.63, 3.8) is 0 Å². The van der Waals surface area contributed by atoms with E-state index in [9.17, 15) is 23.9 Å². The molecule has 3 saturated carbocycles. The summed E-state index contributed by atoms with van der Waals surface area (Å²) in [5, 5.41) is 11.5. The van der Waals surface area contributed by atoms with E-state index >= 15 is 8.78 Å². The minimum atomic E-state index is -2.38. The highest BCUT2D eigenvalue weighted by Crippen LogP contribution is 2.71. The lowest BCUT2D eigenvalue weighted by Crippen LogP contribution is -2.71. The Hall–Kier alpha value is -2.36. The van der Waals surface area contributed by atoms with Gasteiger partial charge < -0.3 is 19.3 Å². The minimum absolute atomic E-state index is 0.0250. The molecule has 0 aromatic carbocycles. The molecule has 4 aliphatic carbocycles. The van der Waals surface area contributed by atoms with E-state index in [0.717, 1.165) is 6.08 Å². The van der Waals surface area contributed by atoms with Crippen molar-refractivity contribution in [3.8, 4) is 0 Å². The zero-order chi connectivity index (χ0) is 28.4. The molecule has 7 nitrogen and oxygen atoms in total. The van der Waals surface area contributed by atoms with Crippen LogP contribution < -0.4 is 0 Å². The number of allylic oxidation sites excluding steroid dienone is 4. The summed E-state index contributed by atoms with van der Waals surface area (Å²) < 4.78 is 62.2. The zero-order valence-corrected chi connectivity index (χ0v) is 22.6. The van der Waals surface area contributed by atoms with Crippen molar-refractivity contribution in [1.82, 2.24) is 0 Å². The summed E-state index contributed by atoms with van der Waals surface area (Å²) in [6.45, 7) is 8.47. The molecular weight excluding hydrogens is 505 g/mol. The van der Waals surface area contributed by atoms with Crippen molar-refractivity contribution in [2.24, 2.45) is 34.5 Å². The smallest absolute Gasteiger partial charge is 0.431 e. The van der Waals surface area contributed by atoms with Crippen LogP contribution in [-0.2, 0) is 23.8 Å². The number of aliphatic hydroxyl groups excluding tert-OH is 1. The van der Waals surface area contributed by atoms with Crippen LogP contribution in [0.3, 0.4) is 0 Å². The number of ketones is 1. The second-order valence-corrected chi connectivity index (χ2v) is 12.2. The molecule has 10 atom stereocenters. The molecule has 2 unspecified atom stereocenters. The number of aliphatic hydroxyl groups is 1. The number of fused-ring (bicyclic) bond motifs is 5. The van der Waals surface area contributed by atoms with Crippen LogP contribution in [0.25, 0.3) is 0 Å². The van der Waals surface area contributed by atoms with Gasteiger partial charge in [0.05, 0.1) is 6.10 Å². The maximum absolute atomic E-state index is 17.4. The Kier molecular flexibility index (Phi) is 7.07. The number of hydrogen-bond acceptors (Lipinski definition) is 7. The van der Waals surface area contributed by atoms with Gasteiger partial charge in [0.1, 0.15) is 12.3 Å². The van der Waals surface area contributed by atoms with Crippen molar-refractivity contribution >= 4 is 17.9 Å². The van der Waals surface area contributed by atoms with E-state index in [1.165, 1.54) is 19.1 Å². The van der Waals surface area contributed by atoms with Gasteiger partial charge in [0, 0.05) is 22.7 Å². The second-order valence-electron chi connectivity index (χ2n) is 12.2. The number of rotatable bonds is 5. The molecule has 0 amide bonds. The second kappa shape index (κ2) is 9.38. The third-order valence-corrected chi connectivity index (χ3v) is 10.1. The van der Waals surface area contributed by atoms with Crippen LogP contribution in [0, 0.1) is 34.5 Å². The highest BCUT2D eigenvalue weighted by atomic mass is 19.1. The number of ether oxygens (including phenoxy) is 3. The van der Waals surface area contributed by atoms with Crippen LogP contribution in [0.5, 0.6) is 0 Å². The third-order valence-electron chi connectivity index (χ3n) is 10.1. The lowest BCUT2D eigenvalue weighted by molar-refractivity contribution is -0.235. The van der Waals surface area contributed by atoms with Gasteiger partial charge in [-0.25, -0.2) is 22.8 Å². The molecule has 4 rings (SSSR count). The van der Waals surface area contributed by atoms with Crippen molar-refractivity contribution < 1.29 is 46.9 Å². The molecule has 0 aliphatic heterocycles. The fourth-order valence-corrected chi connectivity index (χ4v) is 7.82. The highest BCUT2D eigenvalue weighted by molar-refractivity contribution is 6.01. The van der Waals surface area contributed by atoms with Crippen molar-refractivity contribution in [3.05, 3.63) is 23.8 Å². The molecule has 0 saturated heterocycles. The Morgan fingerprint density at radius 3 is 2.45 bits per heavy atom. The Balaban J connectivity index is 1.81. The molecule has 4 aliphatic rings. The monoisotopic (exact) mass is 542 g/mol. The molecular formula is C28H37F3O7. The number of alkyl halides is 3. The first kappa shape index (κ1) is 28.6. The van der Waals surface area contributed by atoms with Crippen LogP contribution in [0.1, 0.15) is 60.8 Å². The summed E-state index contributed by atoms with van der Waals surface area (Å²) in [6, 6.07) is 0. The fraction of sp³-hybridized carbons (Fsp3) is 0.750. The van der Waals surface area contributed by atoms with Crippen LogP contribution in [-0.4, -0.2) is 59.5 Å². The number of halogens is 3. The van der Waals surface area contributed by atoms with Gasteiger partial charge in [0.2, 0.25) is 12.5 Å². The zero-order valence-electron chi connectivity index (χ0n) is 22.6. The van der Waals surface area contributed by atoms with E-state index in [2.05, 4.69) is 0 Å². The first-order valence-electron chi connectivity index (χ1n) is 13.2. The van der Waals surface area contributed by atoms with E-state index in [-0.39, 0.29) is 30.8 Å². The van der Waals surface area contributed by atoms with Crippen LogP contribution in [0.2, 0.25) is 0 Å². The first-order chi connectivity index (χ1) is 17.6. The molecule has 0 spiro atoms. The Labute approximate surface area is 220 Å². The van der Waals surface area contributed by atoms with Gasteiger partial charge in [0.25, 0.3) is 0 Å². The predicted molar refractivity (Wildman–Crippen MR) is 130 cm³/mol. The largest absolute Gasteiger partial charge is 0.509 e. The SMILES string of the molecule is CC(C)C(C)OC(=O)O[C@@]1(C(=O)OCF)[C@H](C)C[C@H]2[C@@H]3C[C@H](F)C4=CC(=O)C=C[C@]4(C)C3(F)[C@@H](O)C[C@@]21C. The predicted octanol–water partition coefficient (Wildman–Crippen LogP) is 4.96. The Morgan fingerprint density at radius 1 is 1.18 bits per heavy atom. The van der Waals surface area contributed by atoms with Gasteiger partial charge >= 0.3 is 12.1 Å². The average molecular weight is 543 g/mol. The summed E-state index contributed by atoms with van der Waals surface area (Å²) in [4.78, 5) is 38.4. The van der Waals surface area contributed by atoms with Gasteiger partial charge in [-0.1, -0.05) is 33.8 Å². The molecule has 0 radical (unpaired) electrons. The summed E-state index contributed by atoms with van der Waals surface area (Å²) >= 11 is 0. The van der Waals surface area contributed by atoms with Crippen LogP contribution in [0.15, 0.2) is 23.8 Å². The van der Waals surface area contributed by atoms with Crippen molar-refractivity contribution in [2.75, 3.05) is 6.86 Å². The van der Waals surface area contributed by atoms with Gasteiger partial charge in [-0.15, -0.1) is 0 Å². The van der Waals surface area contributed by atoms with Gasteiger partial charge in [-0.05, 0) is 62.7 Å². The molecule has 0 bridgehead atoms. The van der Waals surface area contributed by atoms with E-state index in [1.54, 1.807) is 20.8 Å². The minimum Gasteiger partial charge on any atom is -0.431 e. The molecule has 10 heteroatoms. The highest BCUT2D eigenvalue weighted by Gasteiger charge is 2.79. The third kappa shape index (κ3) is 3.68. The van der Waals surface area contributed by atoms with Gasteiger partial charge in [-0.2, -0.15) is 0 Å². The van der Waals surface area contributed by atoms with Crippen molar-refractivity contribution in [2.45, 2.75) is 90.5 Å². The average Bonchev–Trinajstić information content (AvgIpc) is 3.04. The number of carbonyl (C=O) groups excluding carboxylic acids is 3. The normalized spacial score (nSPS) is 44.4. The topological polar surface area (TPSA) is 99.1 Å². The standard InChI is InChI=1S/C28H37F3O7/c1-14(2)16(4)37-24(35)38-28(23(34)36-13-29)15(3)9-18-19-11-21(30)20-10-17(32)7-8-25(20,5)27(19,31)22(33)12-26(18,28)6/h7-8,10,14-16,18-19,21-22,33H,9,11-13H2,1-6H3/t15-,16?,18+,19+,21+,22+,25+,26+,27?,28-/m1/s1. The van der Waals surface area contributed by atoms with Crippen LogP contribution in [0.4, 0.5) is 18.0 Å². The Bertz CT molecular complexity index is 1070. The summed E-state index contributed by atoms with van der Waals surface area (Å²) in [5.41, 5.74) is -7.56. The maximum atomic E-state index is 17.4. The summed E-state index contributed by atoms with van der Waals surface area (Å²) in [7, 11) is 0. The summed E-state index contributed by atoms with van der Waals surface area (Å²) in [5.74, 6) is -4.33. The lowest BCUT2D eigenvalue weighted by atomic mass is 9.44. The maximum Gasteiger partial charge on any atom is 0.509 e.